The van der Waals surface area contributed by atoms with Gasteiger partial charge in [0.2, 0.25) is 0 Å². The van der Waals surface area contributed by atoms with Crippen LogP contribution in [0.4, 0.5) is 5.69 Å². The minimum Gasteiger partial charge on any atom is -0.193 e. The first-order chi connectivity index (χ1) is 14.1. The maximum Gasteiger partial charge on any atom is 0.0955 e. The number of aryl methyl sites for hydroxylation is 2. The van der Waals surface area contributed by atoms with Crippen molar-refractivity contribution in [1.29, 1.82) is 0 Å². The van der Waals surface area contributed by atoms with Gasteiger partial charge < -0.3 is 0 Å². The number of hydrogen-bond acceptors (Lipinski definition) is 2. The van der Waals surface area contributed by atoms with Gasteiger partial charge in [-0.05, 0) is 90.6 Å². The van der Waals surface area contributed by atoms with Crippen molar-refractivity contribution in [2.24, 2.45) is 4.99 Å². The Hall–Kier alpha value is -2.69. The van der Waals surface area contributed by atoms with Crippen LogP contribution in [0.15, 0.2) is 65.7 Å². The predicted molar refractivity (Wildman–Crippen MR) is 127 cm³/mol. The van der Waals surface area contributed by atoms with E-state index in [2.05, 4.69) is 83.6 Å². The smallest absolute Gasteiger partial charge is 0.0955 e. The van der Waals surface area contributed by atoms with Crippen molar-refractivity contribution in [3.8, 4) is 23.0 Å². The molecule has 0 saturated heterocycles. The first-order valence-corrected chi connectivity index (χ1v) is 10.5. The molecule has 0 heterocycles. The normalized spacial score (nSPS) is 10.0. The molecule has 29 heavy (non-hydrogen) atoms. The highest BCUT2D eigenvalue weighted by Crippen LogP contribution is 2.34. The summed E-state index contributed by atoms with van der Waals surface area (Å²) in [4.78, 5) is 4.04. The summed E-state index contributed by atoms with van der Waals surface area (Å²) in [5, 5.41) is 2.95. The minimum atomic E-state index is 0.573. The van der Waals surface area contributed by atoms with Crippen molar-refractivity contribution in [3.05, 3.63) is 87.9 Å². The first-order valence-electron chi connectivity index (χ1n) is 9.70. The van der Waals surface area contributed by atoms with Gasteiger partial charge in [-0.1, -0.05) is 61.1 Å². The average Bonchev–Trinajstić information content (AvgIpc) is 2.74. The molecule has 1 nitrogen and oxygen atoms in total. The second-order valence-electron chi connectivity index (χ2n) is 6.95. The summed E-state index contributed by atoms with van der Waals surface area (Å²) >= 11 is 11.0. The quantitative estimate of drug-likeness (QED) is 0.235. The Labute approximate surface area is 183 Å². The molecule has 0 fully saturated rings. The lowest BCUT2D eigenvalue weighted by Crippen LogP contribution is -1.85. The molecule has 0 atom stereocenters. The fourth-order valence-corrected chi connectivity index (χ4v) is 3.52. The summed E-state index contributed by atoms with van der Waals surface area (Å²) < 4.78 is 0. The summed E-state index contributed by atoms with van der Waals surface area (Å²) in [5.74, 6) is 6.48. The molecule has 0 saturated carbocycles. The van der Waals surface area contributed by atoms with Crippen LogP contribution >= 0.6 is 23.8 Å². The molecule has 144 valence electrons. The first kappa shape index (κ1) is 21.0. The van der Waals surface area contributed by atoms with Crippen LogP contribution in [0.2, 0.25) is 5.02 Å². The number of benzene rings is 3. The Morgan fingerprint density at radius 1 is 0.897 bits per heavy atom. The van der Waals surface area contributed by atoms with Crippen LogP contribution in [0.25, 0.3) is 11.1 Å². The molecule has 3 aromatic carbocycles. The number of nitrogens with zero attached hydrogens (tertiary/aromatic N) is 1. The lowest BCUT2D eigenvalue weighted by atomic mass is 10.0. The highest BCUT2D eigenvalue weighted by atomic mass is 35.5. The van der Waals surface area contributed by atoms with Crippen molar-refractivity contribution in [1.82, 2.24) is 0 Å². The van der Waals surface area contributed by atoms with Crippen LogP contribution in [0.1, 0.15) is 42.0 Å². The van der Waals surface area contributed by atoms with Crippen LogP contribution in [0.5, 0.6) is 0 Å². The van der Waals surface area contributed by atoms with E-state index in [1.54, 1.807) is 0 Å². The third kappa shape index (κ3) is 5.66. The van der Waals surface area contributed by atoms with Crippen molar-refractivity contribution in [3.63, 3.8) is 0 Å². The van der Waals surface area contributed by atoms with Gasteiger partial charge in [0, 0.05) is 11.1 Å². The van der Waals surface area contributed by atoms with E-state index in [1.807, 2.05) is 25.1 Å². The van der Waals surface area contributed by atoms with Crippen molar-refractivity contribution in [2.45, 2.75) is 33.1 Å². The molecule has 0 aromatic heterocycles. The van der Waals surface area contributed by atoms with E-state index in [-0.39, 0.29) is 0 Å². The van der Waals surface area contributed by atoms with E-state index in [0.29, 0.717) is 10.7 Å². The van der Waals surface area contributed by atoms with E-state index >= 15 is 0 Å². The van der Waals surface area contributed by atoms with Gasteiger partial charge >= 0.3 is 0 Å². The fourth-order valence-electron chi connectivity index (χ4n) is 3.12. The van der Waals surface area contributed by atoms with Crippen LogP contribution in [0.3, 0.4) is 0 Å². The number of aliphatic imine (C=N–C) groups is 1. The van der Waals surface area contributed by atoms with Gasteiger partial charge in [0.15, 0.2) is 0 Å². The molecule has 0 aliphatic heterocycles. The number of halogens is 1. The summed E-state index contributed by atoms with van der Waals surface area (Å²) in [5.41, 5.74) is 7.15. The van der Waals surface area contributed by atoms with Gasteiger partial charge in [0.25, 0.3) is 0 Å². The van der Waals surface area contributed by atoms with Crippen molar-refractivity contribution < 1.29 is 0 Å². The molecule has 0 N–H and O–H groups in total. The molecule has 0 aliphatic carbocycles. The van der Waals surface area contributed by atoms with E-state index in [4.69, 9.17) is 11.6 Å². The van der Waals surface area contributed by atoms with Gasteiger partial charge in [0.1, 0.15) is 0 Å². The Morgan fingerprint density at radius 2 is 1.52 bits per heavy atom. The zero-order valence-electron chi connectivity index (χ0n) is 16.6. The zero-order valence-corrected chi connectivity index (χ0v) is 18.2. The average molecular weight is 416 g/mol. The lowest BCUT2D eigenvalue weighted by Gasteiger charge is -2.07. The van der Waals surface area contributed by atoms with Crippen LogP contribution in [-0.2, 0) is 6.42 Å². The number of unbranched alkanes of at least 4 members (excludes halogenated alkanes) is 1. The Kier molecular flexibility index (Phi) is 7.39. The topological polar surface area (TPSA) is 12.4 Å². The van der Waals surface area contributed by atoms with Gasteiger partial charge in [-0.2, -0.15) is 4.99 Å². The summed E-state index contributed by atoms with van der Waals surface area (Å²) in [6.45, 7) is 4.18. The van der Waals surface area contributed by atoms with Gasteiger partial charge in [-0.15, -0.1) is 0 Å². The Morgan fingerprint density at radius 3 is 2.07 bits per heavy atom. The van der Waals surface area contributed by atoms with Crippen LogP contribution < -0.4 is 0 Å². The van der Waals surface area contributed by atoms with Crippen LogP contribution in [-0.4, -0.2) is 5.16 Å². The number of hydrogen-bond donors (Lipinski definition) is 0. The van der Waals surface area contributed by atoms with E-state index in [0.717, 1.165) is 34.2 Å². The van der Waals surface area contributed by atoms with Gasteiger partial charge in [-0.25, -0.2) is 0 Å². The van der Waals surface area contributed by atoms with Crippen LogP contribution in [0, 0.1) is 18.8 Å². The maximum atomic E-state index is 6.35. The van der Waals surface area contributed by atoms with Crippen molar-refractivity contribution >= 4 is 34.7 Å². The van der Waals surface area contributed by atoms with E-state index in [9.17, 15) is 0 Å². The molecule has 0 unspecified atom stereocenters. The van der Waals surface area contributed by atoms with E-state index in [1.165, 1.54) is 18.4 Å². The highest BCUT2D eigenvalue weighted by molar-refractivity contribution is 7.78. The number of thiocarbonyl (C=S) groups is 1. The third-order valence-electron chi connectivity index (χ3n) is 4.75. The van der Waals surface area contributed by atoms with Gasteiger partial charge in [-0.3, -0.25) is 0 Å². The molecule has 3 heteroatoms. The second-order valence-corrected chi connectivity index (χ2v) is 7.54. The zero-order chi connectivity index (χ0) is 20.6. The highest BCUT2D eigenvalue weighted by Gasteiger charge is 2.07. The minimum absolute atomic E-state index is 0.573. The Balaban J connectivity index is 1.76. The predicted octanol–water partition coefficient (Wildman–Crippen LogP) is 7.79. The molecule has 3 aromatic rings. The second kappa shape index (κ2) is 10.2. The molecule has 0 aliphatic rings. The molecule has 0 bridgehead atoms. The number of rotatable bonds is 5. The fraction of sp³-hybridized carbons (Fsp3) is 0.192. The number of isothiocyanates is 1. The molecule has 0 spiro atoms. The van der Waals surface area contributed by atoms with Gasteiger partial charge in [0.05, 0.1) is 15.9 Å². The summed E-state index contributed by atoms with van der Waals surface area (Å²) in [7, 11) is 0. The van der Waals surface area contributed by atoms with Crippen molar-refractivity contribution in [2.75, 3.05) is 0 Å². The molecular weight excluding hydrogens is 394 g/mol. The third-order valence-corrected chi connectivity index (χ3v) is 5.13. The summed E-state index contributed by atoms with van der Waals surface area (Å²) in [6, 6.07) is 20.7. The molecule has 3 rings (SSSR count). The molecule has 0 amide bonds. The summed E-state index contributed by atoms with van der Waals surface area (Å²) in [6.07, 6.45) is 3.58. The molecular formula is C26H22ClNS. The Bertz CT molecular complexity index is 1070. The standard InChI is InChI=1S/C26H22ClNS/c1-3-4-5-20-6-8-21(9-7-20)10-11-22-12-14-23(15-13-22)24-16-19(2)26(28-18-29)25(27)17-24/h6-9,12-17H,3-5H2,1-2H3. The monoisotopic (exact) mass is 415 g/mol. The lowest BCUT2D eigenvalue weighted by molar-refractivity contribution is 0.795. The largest absolute Gasteiger partial charge is 0.193 e. The molecule has 0 radical (unpaired) electrons. The van der Waals surface area contributed by atoms with E-state index < -0.39 is 0 Å². The maximum absolute atomic E-state index is 6.35. The SMILES string of the molecule is CCCCc1ccc(C#Cc2ccc(-c3cc(C)c(N=C=S)c(Cl)c3)cc2)cc1.